The smallest absolute Gasteiger partial charge is 0.337 e. The lowest BCUT2D eigenvalue weighted by molar-refractivity contribution is -0.134. The molecule has 1 heterocycles. The highest BCUT2D eigenvalue weighted by Gasteiger charge is 2.52. The highest BCUT2D eigenvalue weighted by Crippen LogP contribution is 2.33. The molecule has 0 aliphatic carbocycles. The number of benzene rings is 3. The predicted octanol–water partition coefficient (Wildman–Crippen LogP) is 3.10. The summed E-state index contributed by atoms with van der Waals surface area (Å²) >= 11 is 0. The van der Waals surface area contributed by atoms with E-state index in [-0.39, 0.29) is 12.0 Å². The van der Waals surface area contributed by atoms with Crippen molar-refractivity contribution in [2.75, 3.05) is 19.0 Å². The largest absolute Gasteiger partial charge is 0.465 e. The molecule has 172 valence electrons. The number of hydrogen-bond acceptors (Lipinski definition) is 5. The third-order valence-corrected chi connectivity index (χ3v) is 5.62. The zero-order chi connectivity index (χ0) is 24.1. The molecule has 1 fully saturated rings. The first kappa shape index (κ1) is 22.7. The molecule has 2 N–H and O–H groups in total. The number of ether oxygens (including phenoxy) is 1. The van der Waals surface area contributed by atoms with Gasteiger partial charge in [0.2, 0.25) is 5.91 Å². The normalized spacial score (nSPS) is 17.3. The Morgan fingerprint density at radius 1 is 0.941 bits per heavy atom. The molecule has 0 bridgehead atoms. The van der Waals surface area contributed by atoms with Gasteiger partial charge in [0, 0.05) is 12.1 Å². The van der Waals surface area contributed by atoms with Crippen LogP contribution >= 0.6 is 0 Å². The van der Waals surface area contributed by atoms with Crippen molar-refractivity contribution in [1.29, 1.82) is 0 Å². The van der Waals surface area contributed by atoms with E-state index in [0.29, 0.717) is 11.3 Å². The van der Waals surface area contributed by atoms with Gasteiger partial charge in [-0.3, -0.25) is 14.5 Å². The average molecular weight is 457 g/mol. The molecule has 1 aliphatic heterocycles. The molecule has 4 amide bonds. The number of carbonyl (C=O) groups excluding carboxylic acids is 4. The van der Waals surface area contributed by atoms with E-state index in [1.807, 2.05) is 36.4 Å². The summed E-state index contributed by atoms with van der Waals surface area (Å²) < 4.78 is 4.69. The minimum atomic E-state index is -1.33. The number of methoxy groups -OCH3 is 1. The maximum Gasteiger partial charge on any atom is 0.337 e. The number of rotatable bonds is 7. The van der Waals surface area contributed by atoms with Gasteiger partial charge < -0.3 is 15.4 Å². The molecule has 0 aromatic heterocycles. The Labute approximate surface area is 196 Å². The van der Waals surface area contributed by atoms with Gasteiger partial charge in [-0.2, -0.15) is 0 Å². The van der Waals surface area contributed by atoms with Gasteiger partial charge in [-0.05, 0) is 29.3 Å². The molecule has 4 rings (SSSR count). The van der Waals surface area contributed by atoms with Crippen molar-refractivity contribution in [1.82, 2.24) is 10.2 Å². The lowest BCUT2D eigenvalue weighted by Crippen LogP contribution is -2.46. The molecule has 0 radical (unpaired) electrons. The molecule has 1 unspecified atom stereocenters. The van der Waals surface area contributed by atoms with E-state index >= 15 is 0 Å². The molecule has 1 aliphatic rings. The SMILES string of the molecule is COC(=O)c1cccc(NC(=O)CN2C(=O)NC(Cc3ccccc3)(c3ccccc3)C2=O)c1. The second-order valence-electron chi connectivity index (χ2n) is 7.88. The number of esters is 1. The fourth-order valence-corrected chi connectivity index (χ4v) is 4.00. The standard InChI is InChI=1S/C26H23N3O5/c1-34-23(31)19-11-8-14-21(15-19)27-22(30)17-29-24(32)26(28-25(29)33,20-12-6-3-7-13-20)16-18-9-4-2-5-10-18/h2-15H,16-17H2,1H3,(H,27,30)(H,28,33). The molecule has 8 heteroatoms. The van der Waals surface area contributed by atoms with Crippen molar-refractivity contribution in [3.05, 3.63) is 102 Å². The third kappa shape index (κ3) is 4.52. The Balaban J connectivity index is 1.56. The minimum Gasteiger partial charge on any atom is -0.465 e. The van der Waals surface area contributed by atoms with E-state index in [0.717, 1.165) is 10.5 Å². The Hall–Kier alpha value is -4.46. The van der Waals surface area contributed by atoms with Crippen LogP contribution < -0.4 is 10.6 Å². The van der Waals surface area contributed by atoms with Gasteiger partial charge in [0.1, 0.15) is 6.54 Å². The highest BCUT2D eigenvalue weighted by atomic mass is 16.5. The van der Waals surface area contributed by atoms with Crippen LogP contribution in [-0.2, 0) is 26.3 Å². The lowest BCUT2D eigenvalue weighted by atomic mass is 9.83. The molecule has 3 aromatic rings. The first-order valence-corrected chi connectivity index (χ1v) is 10.6. The van der Waals surface area contributed by atoms with Crippen LogP contribution in [0, 0.1) is 0 Å². The van der Waals surface area contributed by atoms with E-state index in [1.54, 1.807) is 42.5 Å². The van der Waals surface area contributed by atoms with Gasteiger partial charge in [-0.15, -0.1) is 0 Å². The first-order valence-electron chi connectivity index (χ1n) is 10.6. The first-order chi connectivity index (χ1) is 16.4. The Bertz CT molecular complexity index is 1230. The van der Waals surface area contributed by atoms with Gasteiger partial charge in [0.25, 0.3) is 5.91 Å². The van der Waals surface area contributed by atoms with Crippen LogP contribution in [0.25, 0.3) is 0 Å². The van der Waals surface area contributed by atoms with Gasteiger partial charge in [0.05, 0.1) is 12.7 Å². The predicted molar refractivity (Wildman–Crippen MR) is 125 cm³/mol. The molecule has 1 atom stereocenters. The second-order valence-corrected chi connectivity index (χ2v) is 7.88. The molecule has 0 spiro atoms. The van der Waals surface area contributed by atoms with Crippen LogP contribution in [0.1, 0.15) is 21.5 Å². The summed E-state index contributed by atoms with van der Waals surface area (Å²) in [6.07, 6.45) is 0.238. The van der Waals surface area contributed by atoms with Gasteiger partial charge in [0.15, 0.2) is 5.54 Å². The minimum absolute atomic E-state index is 0.238. The molecule has 1 saturated heterocycles. The number of hydrogen-bond donors (Lipinski definition) is 2. The summed E-state index contributed by atoms with van der Waals surface area (Å²) in [6.45, 7) is -0.476. The number of anilines is 1. The Kier molecular flexibility index (Phi) is 6.40. The van der Waals surface area contributed by atoms with E-state index in [4.69, 9.17) is 0 Å². The van der Waals surface area contributed by atoms with Crippen molar-refractivity contribution in [3.63, 3.8) is 0 Å². The highest BCUT2D eigenvalue weighted by molar-refractivity contribution is 6.10. The number of amides is 4. The van der Waals surface area contributed by atoms with Crippen LogP contribution in [0.4, 0.5) is 10.5 Å². The number of nitrogens with zero attached hydrogens (tertiary/aromatic N) is 1. The van der Waals surface area contributed by atoms with Crippen LogP contribution in [-0.4, -0.2) is 42.4 Å². The average Bonchev–Trinajstić information content (AvgIpc) is 3.09. The Morgan fingerprint density at radius 3 is 2.29 bits per heavy atom. The van der Waals surface area contributed by atoms with E-state index in [9.17, 15) is 19.2 Å². The van der Waals surface area contributed by atoms with Crippen LogP contribution in [0.2, 0.25) is 0 Å². The second kappa shape index (κ2) is 9.58. The summed E-state index contributed by atoms with van der Waals surface area (Å²) in [5.41, 5.74) is 0.779. The molecular formula is C26H23N3O5. The number of carbonyl (C=O) groups is 4. The maximum atomic E-state index is 13.6. The van der Waals surface area contributed by atoms with Crippen LogP contribution in [0.3, 0.4) is 0 Å². The molecular weight excluding hydrogens is 434 g/mol. The van der Waals surface area contributed by atoms with E-state index in [1.165, 1.54) is 13.2 Å². The zero-order valence-corrected chi connectivity index (χ0v) is 18.5. The maximum absolute atomic E-state index is 13.6. The quantitative estimate of drug-likeness (QED) is 0.419. The molecule has 0 saturated carbocycles. The fraction of sp³-hybridized carbons (Fsp3) is 0.154. The van der Waals surface area contributed by atoms with Gasteiger partial charge >= 0.3 is 12.0 Å². The van der Waals surface area contributed by atoms with Crippen LogP contribution in [0.15, 0.2) is 84.9 Å². The summed E-state index contributed by atoms with van der Waals surface area (Å²) in [7, 11) is 1.26. The van der Waals surface area contributed by atoms with Crippen molar-refractivity contribution < 1.29 is 23.9 Å². The lowest BCUT2D eigenvalue weighted by Gasteiger charge is -2.27. The molecule has 34 heavy (non-hydrogen) atoms. The molecule has 3 aromatic carbocycles. The van der Waals surface area contributed by atoms with Crippen molar-refractivity contribution >= 4 is 29.5 Å². The molecule has 8 nitrogen and oxygen atoms in total. The van der Waals surface area contributed by atoms with Crippen LogP contribution in [0.5, 0.6) is 0 Å². The van der Waals surface area contributed by atoms with Gasteiger partial charge in [-0.1, -0.05) is 66.7 Å². The summed E-state index contributed by atoms with van der Waals surface area (Å²) in [5, 5.41) is 5.45. The zero-order valence-electron chi connectivity index (χ0n) is 18.5. The van der Waals surface area contributed by atoms with E-state index < -0.39 is 35.9 Å². The fourth-order valence-electron chi connectivity index (χ4n) is 4.00. The van der Waals surface area contributed by atoms with Crippen molar-refractivity contribution in [2.45, 2.75) is 12.0 Å². The monoisotopic (exact) mass is 457 g/mol. The number of nitrogens with one attached hydrogen (secondary N) is 2. The van der Waals surface area contributed by atoms with E-state index in [2.05, 4.69) is 15.4 Å². The summed E-state index contributed by atoms with van der Waals surface area (Å²) in [6, 6.07) is 23.9. The van der Waals surface area contributed by atoms with Crippen molar-refractivity contribution in [2.24, 2.45) is 0 Å². The Morgan fingerprint density at radius 2 is 1.62 bits per heavy atom. The topological polar surface area (TPSA) is 105 Å². The van der Waals surface area contributed by atoms with Gasteiger partial charge in [-0.25, -0.2) is 9.59 Å². The van der Waals surface area contributed by atoms with Crippen molar-refractivity contribution in [3.8, 4) is 0 Å². The number of urea groups is 1. The third-order valence-electron chi connectivity index (χ3n) is 5.62. The summed E-state index contributed by atoms with van der Waals surface area (Å²) in [4.78, 5) is 51.9. The summed E-state index contributed by atoms with van der Waals surface area (Å²) in [5.74, 6) is -1.63. The number of imide groups is 1.